The molecule has 3 N–H and O–H groups in total. The first-order valence-electron chi connectivity index (χ1n) is 9.17. The molecule has 0 spiro atoms. The Morgan fingerprint density at radius 1 is 0.846 bits per heavy atom. The number of nitrogens with one attached hydrogen (secondary N) is 1. The summed E-state index contributed by atoms with van der Waals surface area (Å²) in [7, 11) is 0. The molecule has 2 aromatic carbocycles. The van der Waals surface area contributed by atoms with E-state index >= 15 is 0 Å². The molecule has 1 saturated heterocycles. The van der Waals surface area contributed by atoms with Gasteiger partial charge < -0.3 is 20.3 Å². The average Bonchev–Trinajstić information content (AvgIpc) is 2.89. The van der Waals surface area contributed by atoms with Gasteiger partial charge in [0.05, 0.1) is 0 Å². The van der Waals surface area contributed by atoms with Crippen molar-refractivity contribution >= 4 is 34.2 Å². The highest BCUT2D eigenvalue weighted by Crippen LogP contribution is 2.28. The minimum Gasteiger partial charge on any atom is -0.412 e. The lowest BCUT2D eigenvalue weighted by atomic mass is 10.1. The van der Waals surface area contributed by atoms with E-state index in [1.54, 1.807) is 0 Å². The molecule has 2 heterocycles. The molecular formula is C21H30ClN3O. The number of hydrogen-bond acceptors (Lipinski definition) is 2. The van der Waals surface area contributed by atoms with E-state index in [9.17, 15) is 0 Å². The van der Waals surface area contributed by atoms with Gasteiger partial charge in [-0.3, -0.25) is 0 Å². The third kappa shape index (κ3) is 4.04. The quantitative estimate of drug-likeness (QED) is 0.759. The largest absolute Gasteiger partial charge is 0.412 e. The summed E-state index contributed by atoms with van der Waals surface area (Å²) in [6.45, 7) is 9.16. The van der Waals surface area contributed by atoms with Crippen molar-refractivity contribution < 1.29 is 5.48 Å². The minimum absolute atomic E-state index is 0. The molecule has 0 radical (unpaired) electrons. The molecule has 1 fully saturated rings. The van der Waals surface area contributed by atoms with Crippen LogP contribution in [0.1, 0.15) is 20.3 Å². The van der Waals surface area contributed by atoms with Gasteiger partial charge in [-0.1, -0.05) is 36.4 Å². The SMILES string of the molecule is C[C@@H]1CN(CCCn2c3ccccc3c3ccccc32)C[C@H](C)N1.Cl.O. The summed E-state index contributed by atoms with van der Waals surface area (Å²) in [5, 5.41) is 6.36. The van der Waals surface area contributed by atoms with Gasteiger partial charge in [-0.15, -0.1) is 12.4 Å². The number of piperazine rings is 1. The molecule has 2 atom stereocenters. The van der Waals surface area contributed by atoms with Gasteiger partial charge >= 0.3 is 0 Å². The zero-order valence-corrected chi connectivity index (χ0v) is 16.4. The fourth-order valence-electron chi connectivity index (χ4n) is 4.32. The van der Waals surface area contributed by atoms with Gasteiger partial charge in [0.2, 0.25) is 0 Å². The van der Waals surface area contributed by atoms with E-state index in [1.165, 1.54) is 34.8 Å². The molecule has 5 heteroatoms. The van der Waals surface area contributed by atoms with Crippen molar-refractivity contribution in [2.75, 3.05) is 19.6 Å². The maximum absolute atomic E-state index is 3.61. The van der Waals surface area contributed by atoms with Crippen LogP contribution in [-0.4, -0.2) is 46.7 Å². The van der Waals surface area contributed by atoms with Crippen LogP contribution in [0.5, 0.6) is 0 Å². The molecule has 0 bridgehead atoms. The summed E-state index contributed by atoms with van der Waals surface area (Å²) >= 11 is 0. The van der Waals surface area contributed by atoms with Crippen molar-refractivity contribution in [2.45, 2.75) is 38.9 Å². The molecule has 0 unspecified atom stereocenters. The minimum atomic E-state index is 0. The Labute approximate surface area is 161 Å². The maximum Gasteiger partial charge on any atom is 0.0491 e. The first kappa shape index (κ1) is 20.7. The van der Waals surface area contributed by atoms with E-state index in [4.69, 9.17) is 0 Å². The molecule has 1 aromatic heterocycles. The van der Waals surface area contributed by atoms with Crippen LogP contribution < -0.4 is 5.32 Å². The zero-order valence-electron chi connectivity index (χ0n) is 15.6. The Bertz CT molecular complexity index is 784. The molecule has 142 valence electrons. The molecule has 0 amide bonds. The molecule has 4 nitrogen and oxygen atoms in total. The van der Waals surface area contributed by atoms with Crippen molar-refractivity contribution in [1.29, 1.82) is 0 Å². The second kappa shape index (κ2) is 8.87. The first-order valence-corrected chi connectivity index (χ1v) is 9.17. The highest BCUT2D eigenvalue weighted by atomic mass is 35.5. The predicted molar refractivity (Wildman–Crippen MR) is 113 cm³/mol. The van der Waals surface area contributed by atoms with E-state index in [1.807, 2.05) is 0 Å². The Balaban J connectivity index is 0.00000121. The normalized spacial score (nSPS) is 20.7. The van der Waals surface area contributed by atoms with E-state index in [2.05, 4.69) is 77.2 Å². The summed E-state index contributed by atoms with van der Waals surface area (Å²) < 4.78 is 2.50. The standard InChI is InChI=1S/C21H27N3.ClH.H2O/c1-16-14-23(15-17(2)22-16)12-7-13-24-20-10-5-3-8-18(20)19-9-4-6-11-21(19)24;;/h3-6,8-11,16-17,22H,7,12-15H2,1-2H3;1H;1H2/t16-,17+;;. The maximum atomic E-state index is 3.61. The Hall–Kier alpha value is -1.59. The van der Waals surface area contributed by atoms with Gasteiger partial charge in [0.25, 0.3) is 0 Å². The molecule has 1 aliphatic rings. The molecule has 0 saturated carbocycles. The molecule has 4 rings (SSSR count). The highest BCUT2D eigenvalue weighted by Gasteiger charge is 2.20. The van der Waals surface area contributed by atoms with Crippen LogP contribution in [0.3, 0.4) is 0 Å². The van der Waals surface area contributed by atoms with Gasteiger partial charge in [-0.25, -0.2) is 0 Å². The number of aromatic nitrogens is 1. The summed E-state index contributed by atoms with van der Waals surface area (Å²) in [4.78, 5) is 2.61. The number of para-hydroxylation sites is 2. The van der Waals surface area contributed by atoms with Crippen molar-refractivity contribution in [1.82, 2.24) is 14.8 Å². The number of halogens is 1. The van der Waals surface area contributed by atoms with Crippen molar-refractivity contribution in [3.05, 3.63) is 48.5 Å². The van der Waals surface area contributed by atoms with Crippen molar-refractivity contribution in [3.8, 4) is 0 Å². The van der Waals surface area contributed by atoms with Gasteiger partial charge in [-0.05, 0) is 38.9 Å². The number of hydrogen-bond donors (Lipinski definition) is 1. The number of fused-ring (bicyclic) bond motifs is 3. The molecule has 0 aliphatic carbocycles. The molecular weight excluding hydrogens is 346 g/mol. The third-order valence-corrected chi connectivity index (χ3v) is 5.17. The Kier molecular flexibility index (Phi) is 7.07. The van der Waals surface area contributed by atoms with Crippen LogP contribution in [0.25, 0.3) is 21.8 Å². The zero-order chi connectivity index (χ0) is 16.5. The summed E-state index contributed by atoms with van der Waals surface area (Å²) in [5.41, 5.74) is 2.72. The summed E-state index contributed by atoms with van der Waals surface area (Å²) in [6.07, 6.45) is 1.20. The van der Waals surface area contributed by atoms with Crippen LogP contribution in [-0.2, 0) is 6.54 Å². The predicted octanol–water partition coefficient (Wildman–Crippen LogP) is 3.46. The second-order valence-corrected chi connectivity index (χ2v) is 7.27. The van der Waals surface area contributed by atoms with Crippen molar-refractivity contribution in [2.24, 2.45) is 0 Å². The van der Waals surface area contributed by atoms with Gasteiger partial charge in [0.1, 0.15) is 0 Å². The van der Waals surface area contributed by atoms with Gasteiger partial charge in [0.15, 0.2) is 0 Å². The van der Waals surface area contributed by atoms with E-state index in [0.717, 1.165) is 19.6 Å². The molecule has 3 aromatic rings. The van der Waals surface area contributed by atoms with E-state index < -0.39 is 0 Å². The van der Waals surface area contributed by atoms with E-state index in [-0.39, 0.29) is 17.9 Å². The van der Waals surface area contributed by atoms with Crippen LogP contribution in [0.15, 0.2) is 48.5 Å². The summed E-state index contributed by atoms with van der Waals surface area (Å²) in [6, 6.07) is 18.8. The van der Waals surface area contributed by atoms with Crippen LogP contribution in [0.2, 0.25) is 0 Å². The second-order valence-electron chi connectivity index (χ2n) is 7.27. The Morgan fingerprint density at radius 2 is 1.35 bits per heavy atom. The van der Waals surface area contributed by atoms with Crippen LogP contribution in [0.4, 0.5) is 0 Å². The highest BCUT2D eigenvalue weighted by molar-refractivity contribution is 6.07. The smallest absolute Gasteiger partial charge is 0.0491 e. The van der Waals surface area contributed by atoms with Crippen LogP contribution >= 0.6 is 12.4 Å². The lowest BCUT2D eigenvalue weighted by Crippen LogP contribution is -2.54. The topological polar surface area (TPSA) is 51.7 Å². The van der Waals surface area contributed by atoms with Gasteiger partial charge in [-0.2, -0.15) is 0 Å². The van der Waals surface area contributed by atoms with Crippen molar-refractivity contribution in [3.63, 3.8) is 0 Å². The Morgan fingerprint density at radius 3 is 1.88 bits per heavy atom. The fraction of sp³-hybridized carbons (Fsp3) is 0.429. The lowest BCUT2D eigenvalue weighted by Gasteiger charge is -2.36. The monoisotopic (exact) mass is 375 g/mol. The fourth-order valence-corrected chi connectivity index (χ4v) is 4.32. The lowest BCUT2D eigenvalue weighted by molar-refractivity contribution is 0.170. The van der Waals surface area contributed by atoms with Gasteiger partial charge in [0, 0.05) is 53.5 Å². The number of rotatable bonds is 4. The first-order chi connectivity index (χ1) is 11.7. The number of nitrogens with zero attached hydrogens (tertiary/aromatic N) is 2. The average molecular weight is 376 g/mol. The summed E-state index contributed by atoms with van der Waals surface area (Å²) in [5.74, 6) is 0. The number of benzene rings is 2. The van der Waals surface area contributed by atoms with E-state index in [0.29, 0.717) is 12.1 Å². The number of aryl methyl sites for hydroxylation is 1. The third-order valence-electron chi connectivity index (χ3n) is 5.17. The van der Waals surface area contributed by atoms with Crippen LogP contribution in [0, 0.1) is 0 Å². The molecule has 26 heavy (non-hydrogen) atoms. The molecule has 1 aliphatic heterocycles.